The Morgan fingerprint density at radius 1 is 1.00 bits per heavy atom. The molecule has 0 spiro atoms. The molecule has 4 aromatic rings. The molecule has 4 amide bonds. The van der Waals surface area contributed by atoms with Gasteiger partial charge in [-0.1, -0.05) is 24.3 Å². The minimum Gasteiger partial charge on any atom is -0.493 e. The Hall–Kier alpha value is -6.02. The highest BCUT2D eigenvalue weighted by Gasteiger charge is 2.34. The average molecular weight is 763 g/mol. The summed E-state index contributed by atoms with van der Waals surface area (Å²) in [4.78, 5) is 62.7. The third-order valence-electron chi connectivity index (χ3n) is 9.43. The van der Waals surface area contributed by atoms with Crippen molar-refractivity contribution in [2.24, 2.45) is 19.1 Å². The molecule has 1 fully saturated rings. The van der Waals surface area contributed by atoms with Gasteiger partial charge >= 0.3 is 0 Å². The summed E-state index contributed by atoms with van der Waals surface area (Å²) < 4.78 is 15.2. The average Bonchev–Trinajstić information content (AvgIpc) is 3.81. The van der Waals surface area contributed by atoms with E-state index in [1.807, 2.05) is 66.1 Å². The summed E-state index contributed by atoms with van der Waals surface area (Å²) in [7, 11) is 3.50. The van der Waals surface area contributed by atoms with Crippen molar-refractivity contribution in [3.05, 3.63) is 89.7 Å². The molecule has 2 aliphatic heterocycles. The van der Waals surface area contributed by atoms with Gasteiger partial charge in [0.1, 0.15) is 11.4 Å². The van der Waals surface area contributed by atoms with Crippen molar-refractivity contribution in [3.63, 3.8) is 0 Å². The molecule has 0 aliphatic carbocycles. The summed E-state index contributed by atoms with van der Waals surface area (Å²) in [6, 6.07) is 12.6. The number of hydrogen-bond acceptors (Lipinski definition) is 8. The number of aromatic nitrogens is 3. The Kier molecular flexibility index (Phi) is 11.6. The fourth-order valence-electron chi connectivity index (χ4n) is 6.83. The van der Waals surface area contributed by atoms with E-state index in [0.717, 1.165) is 22.3 Å². The van der Waals surface area contributed by atoms with Crippen molar-refractivity contribution >= 4 is 47.0 Å². The molecule has 2 aromatic heterocycles. The molecule has 0 bridgehead atoms. The van der Waals surface area contributed by atoms with E-state index in [1.165, 1.54) is 0 Å². The molecule has 294 valence electrons. The summed E-state index contributed by atoms with van der Waals surface area (Å²) in [5.41, 5.74) is 5.44. The standard InChI is InChI=1S/C42H50N8O6/c1-25-16-31-21-43-33-19-35(26(2)17-32(33)41(54)50(31)22-25)55-15-9-10-37(51)46-36-24-49(8)38(47-36)40(53)45-30-13-11-28(12-14-30)29-18-34(48(7)23-29)39(52)44-20-27(3)56-42(4,5)6/h11-14,17-19,21,23-24,27,31H,1,9-10,15-16,20,22H2,2-8H3,(H,44,52)(H,45,53)(H,46,51)/t27-,31-/m0/s1. The number of amides is 4. The number of anilines is 2. The first kappa shape index (κ1) is 39.7. The fourth-order valence-corrected chi connectivity index (χ4v) is 6.83. The topological polar surface area (TPSA) is 161 Å². The summed E-state index contributed by atoms with van der Waals surface area (Å²) in [6.07, 6.45) is 6.44. The molecule has 0 unspecified atom stereocenters. The number of benzene rings is 2. The van der Waals surface area contributed by atoms with Crippen molar-refractivity contribution in [3.8, 4) is 16.9 Å². The number of nitrogens with one attached hydrogen (secondary N) is 3. The lowest BCUT2D eigenvalue weighted by Gasteiger charge is -2.25. The maximum atomic E-state index is 13.2. The van der Waals surface area contributed by atoms with Gasteiger partial charge in [-0.3, -0.25) is 24.2 Å². The van der Waals surface area contributed by atoms with Gasteiger partial charge in [0.25, 0.3) is 17.7 Å². The van der Waals surface area contributed by atoms with Crippen LogP contribution in [-0.2, 0) is 23.6 Å². The Bertz CT molecular complexity index is 2190. The molecular formula is C42H50N8O6. The van der Waals surface area contributed by atoms with E-state index < -0.39 is 5.91 Å². The predicted octanol–water partition coefficient (Wildman–Crippen LogP) is 6.20. The highest BCUT2D eigenvalue weighted by atomic mass is 16.5. The highest BCUT2D eigenvalue weighted by molar-refractivity contribution is 6.04. The second-order valence-electron chi connectivity index (χ2n) is 15.4. The van der Waals surface area contributed by atoms with Crippen LogP contribution in [0.2, 0.25) is 0 Å². The van der Waals surface area contributed by atoms with Crippen molar-refractivity contribution in [2.45, 2.75) is 71.6 Å². The van der Waals surface area contributed by atoms with Gasteiger partial charge in [-0.25, -0.2) is 4.98 Å². The number of carbonyl (C=O) groups is 4. The van der Waals surface area contributed by atoms with Gasteiger partial charge in [-0.2, -0.15) is 0 Å². The minimum absolute atomic E-state index is 0.0627. The van der Waals surface area contributed by atoms with E-state index in [-0.39, 0.29) is 60.1 Å². The molecule has 2 aliphatic rings. The zero-order valence-electron chi connectivity index (χ0n) is 33.1. The lowest BCUT2D eigenvalue weighted by Crippen LogP contribution is -2.36. The van der Waals surface area contributed by atoms with Gasteiger partial charge in [-0.15, -0.1) is 0 Å². The molecule has 2 atom stereocenters. The second kappa shape index (κ2) is 16.4. The maximum absolute atomic E-state index is 13.2. The van der Waals surface area contributed by atoms with E-state index in [2.05, 4.69) is 32.5 Å². The van der Waals surface area contributed by atoms with Crippen LogP contribution >= 0.6 is 0 Å². The van der Waals surface area contributed by atoms with Gasteiger partial charge < -0.3 is 39.5 Å². The van der Waals surface area contributed by atoms with Gasteiger partial charge in [0.05, 0.1) is 35.6 Å². The molecule has 14 heteroatoms. The molecule has 6 rings (SSSR count). The molecule has 3 N–H and O–H groups in total. The lowest BCUT2D eigenvalue weighted by molar-refractivity contribution is -0.116. The summed E-state index contributed by atoms with van der Waals surface area (Å²) in [6.45, 7) is 15.0. The fraction of sp³-hybridized carbons (Fsp3) is 0.381. The molecular weight excluding hydrogens is 713 g/mol. The number of nitrogens with zero attached hydrogens (tertiary/aromatic N) is 5. The van der Waals surface area contributed by atoms with Crippen LogP contribution in [-0.4, -0.2) is 86.3 Å². The van der Waals surface area contributed by atoms with Crippen LogP contribution in [0.1, 0.15) is 84.0 Å². The zero-order valence-corrected chi connectivity index (χ0v) is 33.1. The number of aryl methyl sites for hydroxylation is 3. The molecule has 56 heavy (non-hydrogen) atoms. The Morgan fingerprint density at radius 2 is 1.75 bits per heavy atom. The Morgan fingerprint density at radius 3 is 2.48 bits per heavy atom. The number of fused-ring (bicyclic) bond motifs is 2. The van der Waals surface area contributed by atoms with Gasteiger partial charge in [0.15, 0.2) is 5.82 Å². The van der Waals surface area contributed by atoms with E-state index in [0.29, 0.717) is 54.3 Å². The SMILES string of the molecule is C=C1C[C@H]2C=Nc3cc(OCCCC(=O)Nc4cn(C)c(C(=O)Nc5ccc(-c6cc(C(=O)NC[C@H](C)OC(C)(C)C)n(C)c6)cc5)n4)c(C)cc3C(=O)N2C1. The third-order valence-corrected chi connectivity index (χ3v) is 9.43. The first-order valence-electron chi connectivity index (χ1n) is 18.7. The van der Waals surface area contributed by atoms with Crippen LogP contribution in [0, 0.1) is 6.92 Å². The van der Waals surface area contributed by atoms with E-state index in [1.54, 1.807) is 57.8 Å². The third kappa shape index (κ3) is 9.43. The first-order chi connectivity index (χ1) is 26.5. The van der Waals surface area contributed by atoms with Gasteiger partial charge in [0, 0.05) is 69.5 Å². The molecule has 14 nitrogen and oxygen atoms in total. The summed E-state index contributed by atoms with van der Waals surface area (Å²) in [5.74, 6) is 0.0275. The van der Waals surface area contributed by atoms with E-state index in [4.69, 9.17) is 9.47 Å². The monoisotopic (exact) mass is 762 g/mol. The highest BCUT2D eigenvalue weighted by Crippen LogP contribution is 2.35. The van der Waals surface area contributed by atoms with Crippen molar-refractivity contribution in [1.82, 2.24) is 24.3 Å². The Balaban J connectivity index is 0.970. The molecule has 2 aromatic carbocycles. The number of rotatable bonds is 13. The largest absolute Gasteiger partial charge is 0.493 e. The number of ether oxygens (including phenoxy) is 2. The number of imidazole rings is 1. The van der Waals surface area contributed by atoms with Crippen molar-refractivity contribution in [1.29, 1.82) is 0 Å². The van der Waals surface area contributed by atoms with Crippen LogP contribution in [0.3, 0.4) is 0 Å². The van der Waals surface area contributed by atoms with Crippen LogP contribution in [0.15, 0.2) is 72.0 Å². The minimum atomic E-state index is -0.439. The lowest BCUT2D eigenvalue weighted by atomic mass is 10.1. The summed E-state index contributed by atoms with van der Waals surface area (Å²) >= 11 is 0. The molecule has 4 heterocycles. The van der Waals surface area contributed by atoms with Crippen LogP contribution in [0.25, 0.3) is 11.1 Å². The van der Waals surface area contributed by atoms with Crippen LogP contribution in [0.5, 0.6) is 5.75 Å². The molecule has 0 radical (unpaired) electrons. The van der Waals surface area contributed by atoms with Gasteiger partial charge in [0.2, 0.25) is 11.7 Å². The van der Waals surface area contributed by atoms with E-state index in [9.17, 15) is 19.2 Å². The number of carbonyl (C=O) groups excluding carboxylic acids is 4. The number of hydrogen-bond donors (Lipinski definition) is 3. The van der Waals surface area contributed by atoms with Crippen LogP contribution < -0.4 is 20.7 Å². The predicted molar refractivity (Wildman–Crippen MR) is 216 cm³/mol. The first-order valence-corrected chi connectivity index (χ1v) is 18.7. The van der Waals surface area contributed by atoms with Crippen molar-refractivity contribution < 1.29 is 28.7 Å². The normalized spacial score (nSPS) is 15.6. The summed E-state index contributed by atoms with van der Waals surface area (Å²) in [5, 5.41) is 8.56. The molecule has 0 saturated carbocycles. The van der Waals surface area contributed by atoms with Crippen molar-refractivity contribution in [2.75, 3.05) is 30.3 Å². The smallest absolute Gasteiger partial charge is 0.291 e. The van der Waals surface area contributed by atoms with Crippen LogP contribution in [0.4, 0.5) is 17.2 Å². The quantitative estimate of drug-likeness (QED) is 0.108. The molecule has 1 saturated heterocycles. The second-order valence-corrected chi connectivity index (χ2v) is 15.4. The Labute approximate surface area is 327 Å². The number of aliphatic imine (C=N–C) groups is 1. The maximum Gasteiger partial charge on any atom is 0.291 e. The zero-order chi connectivity index (χ0) is 40.3. The van der Waals surface area contributed by atoms with E-state index >= 15 is 0 Å². The van der Waals surface area contributed by atoms with Gasteiger partial charge in [-0.05, 0) is 82.9 Å².